The van der Waals surface area contributed by atoms with Crippen LogP contribution in [0.3, 0.4) is 0 Å². The van der Waals surface area contributed by atoms with Crippen LogP contribution in [0.5, 0.6) is 0 Å². The lowest BCUT2D eigenvalue weighted by atomic mass is 10.0. The number of carboxylic acid groups (broad SMARTS) is 1. The molecule has 0 bridgehead atoms. The number of esters is 2. The first kappa shape index (κ1) is 30.0. The Morgan fingerprint density at radius 1 is 0.625 bits per heavy atom. The van der Waals surface area contributed by atoms with Crippen LogP contribution in [0.1, 0.15) is 110 Å². The molecule has 1 atom stereocenters. The van der Waals surface area contributed by atoms with Crippen molar-refractivity contribution in [2.45, 2.75) is 116 Å². The van der Waals surface area contributed by atoms with Crippen molar-refractivity contribution in [2.24, 2.45) is 0 Å². The minimum Gasteiger partial charge on any atom is -0.476 e. The van der Waals surface area contributed by atoms with Gasteiger partial charge in [-0.25, -0.2) is 4.79 Å². The molecular formula is C24H42O8. The molecule has 8 heteroatoms. The molecule has 0 spiro atoms. The summed E-state index contributed by atoms with van der Waals surface area (Å²) in [7, 11) is 0. The van der Waals surface area contributed by atoms with E-state index in [2.05, 4.69) is 6.92 Å². The van der Waals surface area contributed by atoms with Crippen LogP contribution in [-0.2, 0) is 28.7 Å². The SMILES string of the molecule is CCCCCCCCCCCCCCCC(=O)OCC(O)COC(=O)CCC(=O)C(=O)O. The summed E-state index contributed by atoms with van der Waals surface area (Å²) in [5.41, 5.74) is 0. The van der Waals surface area contributed by atoms with Crippen molar-refractivity contribution in [3.05, 3.63) is 0 Å². The van der Waals surface area contributed by atoms with Gasteiger partial charge in [0.2, 0.25) is 5.78 Å². The third-order valence-corrected chi connectivity index (χ3v) is 5.15. The summed E-state index contributed by atoms with van der Waals surface area (Å²) in [5, 5.41) is 18.1. The molecule has 186 valence electrons. The summed E-state index contributed by atoms with van der Waals surface area (Å²) in [6, 6.07) is 0. The summed E-state index contributed by atoms with van der Waals surface area (Å²) in [5.74, 6) is -3.87. The number of carbonyl (C=O) groups is 4. The predicted octanol–water partition coefficient (Wildman–Crippen LogP) is 4.35. The van der Waals surface area contributed by atoms with Crippen molar-refractivity contribution in [1.29, 1.82) is 0 Å². The molecule has 0 rings (SSSR count). The standard InChI is InChI=1S/C24H42O8/c1-2-3-4-5-6-7-8-9-10-11-12-13-14-15-22(27)31-18-20(25)19-32-23(28)17-16-21(26)24(29)30/h20,25H,2-19H2,1H3,(H,29,30). The number of ketones is 1. The summed E-state index contributed by atoms with van der Waals surface area (Å²) in [6.07, 6.45) is 14.2. The zero-order valence-corrected chi connectivity index (χ0v) is 19.6. The quantitative estimate of drug-likeness (QED) is 0.139. The first-order valence-corrected chi connectivity index (χ1v) is 12.1. The summed E-state index contributed by atoms with van der Waals surface area (Å²) in [4.78, 5) is 44.3. The number of carbonyl (C=O) groups excluding carboxylic acids is 3. The Balaban J connectivity index is 3.49. The van der Waals surface area contributed by atoms with Crippen LogP contribution in [-0.4, -0.2) is 53.2 Å². The maximum Gasteiger partial charge on any atom is 0.372 e. The molecule has 0 aromatic carbocycles. The second-order valence-corrected chi connectivity index (χ2v) is 8.24. The van der Waals surface area contributed by atoms with Crippen LogP contribution in [0, 0.1) is 0 Å². The molecule has 0 radical (unpaired) electrons. The number of hydrogen-bond acceptors (Lipinski definition) is 7. The van der Waals surface area contributed by atoms with E-state index in [0.29, 0.717) is 6.42 Å². The Morgan fingerprint density at radius 2 is 1.03 bits per heavy atom. The summed E-state index contributed by atoms with van der Waals surface area (Å²) in [6.45, 7) is 1.57. The Labute approximate surface area is 192 Å². The fourth-order valence-electron chi connectivity index (χ4n) is 3.18. The Kier molecular flexibility index (Phi) is 19.6. The molecule has 0 aliphatic rings. The van der Waals surface area contributed by atoms with Gasteiger partial charge in [-0.1, -0.05) is 84.0 Å². The van der Waals surface area contributed by atoms with Crippen LogP contribution in [0.4, 0.5) is 0 Å². The van der Waals surface area contributed by atoms with Gasteiger partial charge < -0.3 is 19.7 Å². The summed E-state index contributed by atoms with van der Waals surface area (Å²) < 4.78 is 9.68. The molecule has 0 aliphatic heterocycles. The zero-order valence-electron chi connectivity index (χ0n) is 19.6. The smallest absolute Gasteiger partial charge is 0.372 e. The lowest BCUT2D eigenvalue weighted by Crippen LogP contribution is -2.25. The van der Waals surface area contributed by atoms with Gasteiger partial charge >= 0.3 is 17.9 Å². The Hall–Kier alpha value is -1.96. The fraction of sp³-hybridized carbons (Fsp3) is 0.833. The van der Waals surface area contributed by atoms with Crippen molar-refractivity contribution in [3.8, 4) is 0 Å². The Bertz CT molecular complexity index is 532. The highest BCUT2D eigenvalue weighted by Crippen LogP contribution is 2.13. The van der Waals surface area contributed by atoms with Gasteiger partial charge in [0, 0.05) is 12.8 Å². The topological polar surface area (TPSA) is 127 Å². The van der Waals surface area contributed by atoms with Gasteiger partial charge in [0.15, 0.2) is 0 Å². The molecule has 0 aromatic rings. The van der Waals surface area contributed by atoms with Crippen LogP contribution < -0.4 is 0 Å². The van der Waals surface area contributed by atoms with Crippen LogP contribution in [0.15, 0.2) is 0 Å². The van der Waals surface area contributed by atoms with Crippen LogP contribution >= 0.6 is 0 Å². The van der Waals surface area contributed by atoms with Crippen molar-refractivity contribution in [1.82, 2.24) is 0 Å². The van der Waals surface area contributed by atoms with E-state index < -0.39 is 36.2 Å². The summed E-state index contributed by atoms with van der Waals surface area (Å²) >= 11 is 0. The molecular weight excluding hydrogens is 416 g/mol. The first-order chi connectivity index (χ1) is 15.4. The van der Waals surface area contributed by atoms with Crippen molar-refractivity contribution >= 4 is 23.7 Å². The van der Waals surface area contributed by atoms with E-state index in [4.69, 9.17) is 14.6 Å². The average Bonchev–Trinajstić information content (AvgIpc) is 2.77. The van der Waals surface area contributed by atoms with E-state index in [9.17, 15) is 24.3 Å². The van der Waals surface area contributed by atoms with Gasteiger partial charge in [0.05, 0.1) is 6.42 Å². The minimum absolute atomic E-state index is 0.279. The normalized spacial score (nSPS) is 11.7. The van der Waals surface area contributed by atoms with Gasteiger partial charge in [-0.3, -0.25) is 14.4 Å². The lowest BCUT2D eigenvalue weighted by Gasteiger charge is -2.12. The largest absolute Gasteiger partial charge is 0.476 e. The maximum atomic E-state index is 11.7. The van der Waals surface area contributed by atoms with Gasteiger partial charge in [-0.2, -0.15) is 0 Å². The van der Waals surface area contributed by atoms with E-state index in [1.807, 2.05) is 0 Å². The molecule has 0 heterocycles. The number of hydrogen-bond donors (Lipinski definition) is 2. The number of aliphatic carboxylic acids is 1. The van der Waals surface area contributed by atoms with Gasteiger partial charge in [0.25, 0.3) is 0 Å². The molecule has 0 amide bonds. The monoisotopic (exact) mass is 458 g/mol. The van der Waals surface area contributed by atoms with Crippen LogP contribution in [0.2, 0.25) is 0 Å². The van der Waals surface area contributed by atoms with Gasteiger partial charge in [0.1, 0.15) is 19.3 Å². The second kappa shape index (κ2) is 20.9. The molecule has 0 aliphatic carbocycles. The first-order valence-electron chi connectivity index (χ1n) is 12.1. The number of carboxylic acids is 1. The van der Waals surface area contributed by atoms with Crippen LogP contribution in [0.25, 0.3) is 0 Å². The van der Waals surface area contributed by atoms with Crippen molar-refractivity contribution in [3.63, 3.8) is 0 Å². The van der Waals surface area contributed by atoms with E-state index in [1.165, 1.54) is 64.2 Å². The molecule has 8 nitrogen and oxygen atoms in total. The maximum absolute atomic E-state index is 11.7. The van der Waals surface area contributed by atoms with Crippen molar-refractivity contribution in [2.75, 3.05) is 13.2 Å². The second-order valence-electron chi connectivity index (χ2n) is 8.24. The zero-order chi connectivity index (χ0) is 24.0. The molecule has 2 N–H and O–H groups in total. The number of ether oxygens (including phenoxy) is 2. The van der Waals surface area contributed by atoms with Gasteiger partial charge in [-0.15, -0.1) is 0 Å². The number of Topliss-reactive ketones (excluding diaryl/α,β-unsaturated/α-hetero) is 1. The minimum atomic E-state index is -1.60. The van der Waals surface area contributed by atoms with E-state index in [1.54, 1.807) is 0 Å². The van der Waals surface area contributed by atoms with Crippen molar-refractivity contribution < 1.29 is 38.9 Å². The van der Waals surface area contributed by atoms with E-state index >= 15 is 0 Å². The number of aliphatic hydroxyl groups is 1. The molecule has 0 saturated heterocycles. The third-order valence-electron chi connectivity index (χ3n) is 5.15. The predicted molar refractivity (Wildman–Crippen MR) is 120 cm³/mol. The highest BCUT2D eigenvalue weighted by molar-refractivity contribution is 6.32. The number of aliphatic hydroxyl groups excluding tert-OH is 1. The molecule has 32 heavy (non-hydrogen) atoms. The van der Waals surface area contributed by atoms with E-state index in [0.717, 1.165) is 19.3 Å². The van der Waals surface area contributed by atoms with Gasteiger partial charge in [-0.05, 0) is 6.42 Å². The fourth-order valence-corrected chi connectivity index (χ4v) is 3.18. The molecule has 0 fully saturated rings. The number of rotatable bonds is 22. The highest BCUT2D eigenvalue weighted by Gasteiger charge is 2.16. The molecule has 0 saturated carbocycles. The number of unbranched alkanes of at least 4 members (excludes halogenated alkanes) is 12. The van der Waals surface area contributed by atoms with E-state index in [-0.39, 0.29) is 19.6 Å². The highest BCUT2D eigenvalue weighted by atomic mass is 16.6. The lowest BCUT2D eigenvalue weighted by molar-refractivity contribution is -0.153. The average molecular weight is 459 g/mol. The molecule has 0 aromatic heterocycles. The molecule has 1 unspecified atom stereocenters. The Morgan fingerprint density at radius 3 is 1.47 bits per heavy atom. The third kappa shape index (κ3) is 20.0.